The molecule has 1 amide bonds. The summed E-state index contributed by atoms with van der Waals surface area (Å²) in [6.07, 6.45) is 4.13. The third kappa shape index (κ3) is 3.97. The molecule has 158 valence electrons. The number of amides is 1. The predicted octanol–water partition coefficient (Wildman–Crippen LogP) is 4.90. The number of carboxylic acid groups (broad SMARTS) is 1. The number of nitrogens with zero attached hydrogens (tertiary/aromatic N) is 3. The fourth-order valence-corrected chi connectivity index (χ4v) is 5.07. The second-order valence-electron chi connectivity index (χ2n) is 9.06. The van der Waals surface area contributed by atoms with Crippen LogP contribution in [0.15, 0.2) is 22.8 Å². The fourth-order valence-electron chi connectivity index (χ4n) is 4.64. The normalized spacial score (nSPS) is 25.1. The number of ether oxygens (including phenoxy) is 2. The van der Waals surface area contributed by atoms with Gasteiger partial charge in [0.25, 0.3) is 0 Å². The lowest BCUT2D eigenvalue weighted by Crippen LogP contribution is -2.64. The van der Waals surface area contributed by atoms with Gasteiger partial charge in [0.15, 0.2) is 6.23 Å². The van der Waals surface area contributed by atoms with Crippen LogP contribution in [0.25, 0.3) is 10.9 Å². The zero-order valence-electron chi connectivity index (χ0n) is 17.1. The van der Waals surface area contributed by atoms with Crippen molar-refractivity contribution in [1.29, 1.82) is 0 Å². The van der Waals surface area contributed by atoms with Gasteiger partial charge in [-0.25, -0.2) is 9.48 Å². The average Bonchev–Trinajstić information content (AvgIpc) is 3.03. The van der Waals surface area contributed by atoms with Gasteiger partial charge in [-0.2, -0.15) is 5.10 Å². The lowest BCUT2D eigenvalue weighted by Gasteiger charge is -2.52. The summed E-state index contributed by atoms with van der Waals surface area (Å²) >= 11 is 3.59. The molecule has 3 unspecified atom stereocenters. The maximum Gasteiger partial charge on any atom is 0.407 e. The Morgan fingerprint density at radius 3 is 2.83 bits per heavy atom. The van der Waals surface area contributed by atoms with Crippen LogP contribution in [0, 0.1) is 11.3 Å². The van der Waals surface area contributed by atoms with Crippen LogP contribution in [0.5, 0.6) is 5.75 Å². The smallest absolute Gasteiger partial charge is 0.407 e. The summed E-state index contributed by atoms with van der Waals surface area (Å²) in [6.45, 7) is 7.97. The second kappa shape index (κ2) is 7.80. The molecular formula is C21H28BrN3O4. The summed E-state index contributed by atoms with van der Waals surface area (Å²) in [5.74, 6) is 0.926. The van der Waals surface area contributed by atoms with Crippen molar-refractivity contribution in [2.24, 2.45) is 11.3 Å². The molecule has 0 saturated carbocycles. The number of rotatable bonds is 4. The molecule has 1 aromatic heterocycles. The molecule has 3 heterocycles. The van der Waals surface area contributed by atoms with E-state index >= 15 is 0 Å². The van der Waals surface area contributed by atoms with E-state index in [9.17, 15) is 9.90 Å². The van der Waals surface area contributed by atoms with Gasteiger partial charge in [-0.3, -0.25) is 0 Å². The van der Waals surface area contributed by atoms with Crippen molar-refractivity contribution in [3.05, 3.63) is 22.8 Å². The van der Waals surface area contributed by atoms with Crippen LogP contribution in [-0.4, -0.2) is 51.7 Å². The Labute approximate surface area is 179 Å². The Balaban J connectivity index is 1.54. The molecule has 2 fully saturated rings. The molecule has 0 aliphatic carbocycles. The molecule has 29 heavy (non-hydrogen) atoms. The highest BCUT2D eigenvalue weighted by molar-refractivity contribution is 9.10. The van der Waals surface area contributed by atoms with E-state index in [1.807, 2.05) is 23.0 Å². The lowest BCUT2D eigenvalue weighted by atomic mass is 9.72. The van der Waals surface area contributed by atoms with Gasteiger partial charge >= 0.3 is 6.09 Å². The first kappa shape index (κ1) is 20.5. The summed E-state index contributed by atoms with van der Waals surface area (Å²) in [4.78, 5) is 13.0. The van der Waals surface area contributed by atoms with Crippen LogP contribution < -0.4 is 4.74 Å². The van der Waals surface area contributed by atoms with E-state index in [2.05, 4.69) is 41.8 Å². The van der Waals surface area contributed by atoms with E-state index < -0.39 is 6.09 Å². The summed E-state index contributed by atoms with van der Waals surface area (Å²) < 4.78 is 15.0. The average molecular weight is 466 g/mol. The van der Waals surface area contributed by atoms with Gasteiger partial charge in [-0.15, -0.1) is 0 Å². The largest absolute Gasteiger partial charge is 0.492 e. The zero-order chi connectivity index (χ0) is 20.8. The molecule has 3 atom stereocenters. The van der Waals surface area contributed by atoms with Crippen LogP contribution in [0.3, 0.4) is 0 Å². The molecule has 0 spiro atoms. The van der Waals surface area contributed by atoms with Crippen molar-refractivity contribution in [3.63, 3.8) is 0 Å². The van der Waals surface area contributed by atoms with Crippen molar-refractivity contribution in [3.8, 4) is 5.75 Å². The Morgan fingerprint density at radius 1 is 1.38 bits per heavy atom. The lowest BCUT2D eigenvalue weighted by molar-refractivity contribution is -0.0510. The Morgan fingerprint density at radius 2 is 2.17 bits per heavy atom. The molecule has 4 rings (SSSR count). The number of halogens is 1. The molecule has 7 nitrogen and oxygen atoms in total. The third-order valence-corrected chi connectivity index (χ3v) is 6.33. The maximum atomic E-state index is 11.5. The highest BCUT2D eigenvalue weighted by Crippen LogP contribution is 2.39. The van der Waals surface area contributed by atoms with Gasteiger partial charge < -0.3 is 19.5 Å². The van der Waals surface area contributed by atoms with Gasteiger partial charge in [0.1, 0.15) is 5.75 Å². The number of benzene rings is 1. The minimum Gasteiger partial charge on any atom is -0.492 e. The van der Waals surface area contributed by atoms with Crippen LogP contribution in [0.2, 0.25) is 0 Å². The number of fused-ring (bicyclic) bond motifs is 1. The predicted molar refractivity (Wildman–Crippen MR) is 113 cm³/mol. The SMILES string of the molecule is CC(C)(C)C1C(COc2cc(Br)cc3c2cnn3C2CCCCO2)CN1C(=O)O. The first-order chi connectivity index (χ1) is 13.8. The van der Waals surface area contributed by atoms with Crippen molar-refractivity contribution >= 4 is 32.9 Å². The van der Waals surface area contributed by atoms with Crippen molar-refractivity contribution < 1.29 is 19.4 Å². The standard InChI is InChI=1S/C21H28BrN3O4/c1-21(2,3)19-13(11-24(19)20(26)27)12-29-17-9-14(22)8-16-15(17)10-23-25(16)18-6-4-5-7-28-18/h8-10,13,18-19H,4-7,11-12H2,1-3H3,(H,26,27). The number of aromatic nitrogens is 2. The molecule has 0 radical (unpaired) electrons. The summed E-state index contributed by atoms with van der Waals surface area (Å²) in [7, 11) is 0. The van der Waals surface area contributed by atoms with Gasteiger partial charge in [0.05, 0.1) is 23.7 Å². The topological polar surface area (TPSA) is 76.8 Å². The summed E-state index contributed by atoms with van der Waals surface area (Å²) in [5.41, 5.74) is 0.843. The van der Waals surface area contributed by atoms with Gasteiger partial charge in [0, 0.05) is 29.6 Å². The quantitative estimate of drug-likeness (QED) is 0.694. The van der Waals surface area contributed by atoms with Crippen molar-refractivity contribution in [2.45, 2.75) is 52.3 Å². The van der Waals surface area contributed by atoms with E-state index in [0.717, 1.165) is 47.0 Å². The minimum atomic E-state index is -0.861. The third-order valence-electron chi connectivity index (χ3n) is 5.87. The second-order valence-corrected chi connectivity index (χ2v) is 9.98. The van der Waals surface area contributed by atoms with Crippen molar-refractivity contribution in [1.82, 2.24) is 14.7 Å². The monoisotopic (exact) mass is 465 g/mol. The van der Waals surface area contributed by atoms with E-state index in [-0.39, 0.29) is 23.6 Å². The molecule has 2 saturated heterocycles. The van der Waals surface area contributed by atoms with Crippen LogP contribution in [0.1, 0.15) is 46.3 Å². The van der Waals surface area contributed by atoms with E-state index in [1.54, 1.807) is 0 Å². The van der Waals surface area contributed by atoms with Crippen LogP contribution in [0.4, 0.5) is 4.79 Å². The Hall–Kier alpha value is -1.80. The summed E-state index contributed by atoms with van der Waals surface area (Å²) in [6, 6.07) is 3.94. The Bertz CT molecular complexity index is 901. The number of carbonyl (C=O) groups is 1. The van der Waals surface area contributed by atoms with Crippen LogP contribution >= 0.6 is 15.9 Å². The zero-order valence-corrected chi connectivity index (χ0v) is 18.7. The van der Waals surface area contributed by atoms with Gasteiger partial charge in [0.2, 0.25) is 0 Å². The molecule has 1 N–H and O–H groups in total. The van der Waals surface area contributed by atoms with Crippen molar-refractivity contribution in [2.75, 3.05) is 19.8 Å². The molecule has 8 heteroatoms. The molecule has 0 bridgehead atoms. The highest BCUT2D eigenvalue weighted by atomic mass is 79.9. The van der Waals surface area contributed by atoms with E-state index in [1.165, 1.54) is 4.90 Å². The molecular weight excluding hydrogens is 438 g/mol. The number of hydrogen-bond donors (Lipinski definition) is 1. The van der Waals surface area contributed by atoms with Gasteiger partial charge in [-0.1, -0.05) is 36.7 Å². The molecule has 2 aromatic rings. The maximum absolute atomic E-state index is 11.5. The summed E-state index contributed by atoms with van der Waals surface area (Å²) in [5, 5.41) is 15.0. The van der Waals surface area contributed by atoms with Gasteiger partial charge in [-0.05, 0) is 36.8 Å². The molecule has 2 aliphatic rings. The highest BCUT2D eigenvalue weighted by Gasteiger charge is 2.48. The molecule has 1 aromatic carbocycles. The van der Waals surface area contributed by atoms with Crippen LogP contribution in [-0.2, 0) is 4.74 Å². The first-order valence-corrected chi connectivity index (χ1v) is 11.0. The number of likely N-dealkylation sites (tertiary alicyclic amines) is 1. The first-order valence-electron chi connectivity index (χ1n) is 10.2. The van der Waals surface area contributed by atoms with E-state index in [0.29, 0.717) is 13.2 Å². The fraction of sp³-hybridized carbons (Fsp3) is 0.619. The van der Waals surface area contributed by atoms with E-state index in [4.69, 9.17) is 9.47 Å². The Kier molecular flexibility index (Phi) is 5.50. The number of hydrogen-bond acceptors (Lipinski definition) is 4. The molecule has 2 aliphatic heterocycles. The minimum absolute atomic E-state index is 0.0376.